The van der Waals surface area contributed by atoms with Crippen molar-refractivity contribution < 1.29 is 13.9 Å². The van der Waals surface area contributed by atoms with Crippen molar-refractivity contribution in [3.8, 4) is 11.5 Å². The molecule has 2 aromatic rings. The first-order valence-corrected chi connectivity index (χ1v) is 9.94. The van der Waals surface area contributed by atoms with Crippen LogP contribution in [0.2, 0.25) is 0 Å². The van der Waals surface area contributed by atoms with Crippen molar-refractivity contribution in [1.82, 2.24) is 10.3 Å². The molecule has 0 atom stereocenters. The molecule has 0 amide bonds. The number of carbonyl (C=O) groups is 1. The van der Waals surface area contributed by atoms with Gasteiger partial charge in [-0.3, -0.25) is 4.79 Å². The minimum atomic E-state index is -0.418. The van der Waals surface area contributed by atoms with Crippen LogP contribution >= 0.6 is 22.6 Å². The molecule has 1 heterocycles. The molecule has 6 heteroatoms. The predicted octanol–water partition coefficient (Wildman–Crippen LogP) is 5.50. The van der Waals surface area contributed by atoms with E-state index in [1.807, 2.05) is 6.07 Å². The molecule has 140 valence electrons. The summed E-state index contributed by atoms with van der Waals surface area (Å²) in [6.07, 6.45) is 4.94. The van der Waals surface area contributed by atoms with Gasteiger partial charge < -0.3 is 10.1 Å². The third-order valence-electron chi connectivity index (χ3n) is 4.38. The highest BCUT2D eigenvalue weighted by atomic mass is 127. The van der Waals surface area contributed by atoms with Crippen LogP contribution in [-0.4, -0.2) is 15.3 Å². The molecular weight excluding hydrogens is 446 g/mol. The van der Waals surface area contributed by atoms with E-state index in [4.69, 9.17) is 4.74 Å². The van der Waals surface area contributed by atoms with Crippen LogP contribution in [0.3, 0.4) is 0 Å². The van der Waals surface area contributed by atoms with Crippen LogP contribution in [0.15, 0.2) is 36.5 Å². The molecule has 0 radical (unpaired) electrons. The highest BCUT2D eigenvalue weighted by molar-refractivity contribution is 14.1. The van der Waals surface area contributed by atoms with Gasteiger partial charge in [-0.2, -0.15) is 0 Å². The van der Waals surface area contributed by atoms with E-state index in [0.29, 0.717) is 18.0 Å². The number of hydrogen-bond acceptors (Lipinski definition) is 4. The van der Waals surface area contributed by atoms with Crippen molar-refractivity contribution in [1.29, 1.82) is 0 Å². The molecule has 1 N–H and O–H groups in total. The summed E-state index contributed by atoms with van der Waals surface area (Å²) in [4.78, 5) is 15.2. The Morgan fingerprint density at radius 1 is 1.27 bits per heavy atom. The average Bonchev–Trinajstić information content (AvgIpc) is 2.64. The van der Waals surface area contributed by atoms with Crippen molar-refractivity contribution in [2.45, 2.75) is 39.7 Å². The maximum Gasteiger partial charge on any atom is 0.240 e. The van der Waals surface area contributed by atoms with E-state index >= 15 is 0 Å². The lowest BCUT2D eigenvalue weighted by Gasteiger charge is -2.13. The normalized spacial score (nSPS) is 11.0. The summed E-state index contributed by atoms with van der Waals surface area (Å²) >= 11 is 1.67. The van der Waals surface area contributed by atoms with Gasteiger partial charge in [0.2, 0.25) is 3.79 Å². The first-order valence-electron chi connectivity index (χ1n) is 8.86. The van der Waals surface area contributed by atoms with Crippen LogP contribution in [0.1, 0.15) is 49.2 Å². The van der Waals surface area contributed by atoms with E-state index in [9.17, 15) is 9.18 Å². The van der Waals surface area contributed by atoms with Crippen molar-refractivity contribution in [3.63, 3.8) is 0 Å². The minimum Gasteiger partial charge on any atom is -0.453 e. The Balaban J connectivity index is 1.89. The second kappa shape index (κ2) is 10.6. The largest absolute Gasteiger partial charge is 0.453 e. The zero-order chi connectivity index (χ0) is 18.9. The number of carbonyl (C=O) groups excluding carboxylic acids is 1. The zero-order valence-electron chi connectivity index (χ0n) is 15.1. The third-order valence-corrected chi connectivity index (χ3v) is 4.93. The molecule has 26 heavy (non-hydrogen) atoms. The van der Waals surface area contributed by atoms with Crippen LogP contribution in [0, 0.1) is 11.7 Å². The molecule has 0 saturated carbocycles. The number of rotatable bonds is 10. The van der Waals surface area contributed by atoms with E-state index in [2.05, 4.69) is 24.1 Å². The van der Waals surface area contributed by atoms with Crippen molar-refractivity contribution in [2.24, 2.45) is 5.92 Å². The quantitative estimate of drug-likeness (QED) is 0.283. The van der Waals surface area contributed by atoms with E-state index in [1.54, 1.807) is 40.8 Å². The number of ether oxygens (including phenoxy) is 1. The van der Waals surface area contributed by atoms with Gasteiger partial charge in [0.1, 0.15) is 11.4 Å². The first-order chi connectivity index (χ1) is 12.5. The SMILES string of the molecule is CCC(CC)CCNCc1ccc(Oc2ccc(C(=O)I)nc2)c(F)c1. The van der Waals surface area contributed by atoms with Gasteiger partial charge in [0.05, 0.1) is 6.20 Å². The lowest BCUT2D eigenvalue weighted by atomic mass is 10.00. The molecule has 0 aliphatic heterocycles. The Hall–Kier alpha value is -1.54. The van der Waals surface area contributed by atoms with Crippen LogP contribution < -0.4 is 10.1 Å². The monoisotopic (exact) mass is 470 g/mol. The fraction of sp³-hybridized carbons (Fsp3) is 0.400. The number of nitrogens with zero attached hydrogens (tertiary/aromatic N) is 1. The van der Waals surface area contributed by atoms with Crippen molar-refractivity contribution >= 4 is 26.4 Å². The molecular formula is C20H24FIN2O2. The van der Waals surface area contributed by atoms with Crippen molar-refractivity contribution in [3.05, 3.63) is 53.6 Å². The second-order valence-corrected chi connectivity index (χ2v) is 7.15. The molecule has 4 nitrogen and oxygen atoms in total. The smallest absolute Gasteiger partial charge is 0.240 e. The molecule has 0 spiro atoms. The van der Waals surface area contributed by atoms with Gasteiger partial charge >= 0.3 is 0 Å². The van der Waals surface area contributed by atoms with Crippen molar-refractivity contribution in [2.75, 3.05) is 6.54 Å². The lowest BCUT2D eigenvalue weighted by Crippen LogP contribution is -2.17. The molecule has 0 aliphatic carbocycles. The zero-order valence-corrected chi connectivity index (χ0v) is 17.3. The summed E-state index contributed by atoms with van der Waals surface area (Å²) in [5.41, 5.74) is 1.22. The Labute approximate surface area is 167 Å². The highest BCUT2D eigenvalue weighted by Crippen LogP contribution is 2.25. The average molecular weight is 470 g/mol. The lowest BCUT2D eigenvalue weighted by molar-refractivity contribution is 0.110. The van der Waals surface area contributed by atoms with E-state index < -0.39 is 5.82 Å². The number of nitrogens with one attached hydrogen (secondary N) is 1. The summed E-state index contributed by atoms with van der Waals surface area (Å²) in [5, 5.41) is 3.36. The Bertz CT molecular complexity index is 718. The molecule has 0 saturated heterocycles. The van der Waals surface area contributed by atoms with Crippen LogP contribution in [0.25, 0.3) is 0 Å². The topological polar surface area (TPSA) is 51.2 Å². The molecule has 0 unspecified atom stereocenters. The van der Waals surface area contributed by atoms with Crippen LogP contribution in [-0.2, 0) is 6.54 Å². The molecule has 2 rings (SSSR count). The van der Waals surface area contributed by atoms with Gasteiger partial charge in [-0.15, -0.1) is 0 Å². The summed E-state index contributed by atoms with van der Waals surface area (Å²) in [6.45, 7) is 5.99. The van der Waals surface area contributed by atoms with Gasteiger partial charge in [-0.1, -0.05) is 32.8 Å². The number of halogens is 2. The Kier molecular flexibility index (Phi) is 8.44. The van der Waals surface area contributed by atoms with E-state index in [1.165, 1.54) is 25.1 Å². The number of aromatic nitrogens is 1. The fourth-order valence-electron chi connectivity index (χ4n) is 2.66. The Morgan fingerprint density at radius 2 is 2.04 bits per heavy atom. The van der Waals surface area contributed by atoms with Gasteiger partial charge in [0, 0.05) is 29.1 Å². The van der Waals surface area contributed by atoms with Crippen LogP contribution in [0.4, 0.5) is 4.39 Å². The minimum absolute atomic E-state index is 0.140. The molecule has 1 aromatic carbocycles. The maximum absolute atomic E-state index is 14.3. The standard InChI is InChI=1S/C20H24FIN2O2/c1-3-14(4-2)9-10-23-12-15-5-8-19(17(21)11-15)26-16-6-7-18(20(22)25)24-13-16/h5-8,11,13-14,23H,3-4,9-10,12H2,1-2H3. The second-order valence-electron chi connectivity index (χ2n) is 6.17. The summed E-state index contributed by atoms with van der Waals surface area (Å²) in [7, 11) is 0. The van der Waals surface area contributed by atoms with E-state index in [-0.39, 0.29) is 9.54 Å². The predicted molar refractivity (Wildman–Crippen MR) is 109 cm³/mol. The molecule has 0 fully saturated rings. The first kappa shape index (κ1) is 20.8. The molecule has 0 bridgehead atoms. The fourth-order valence-corrected chi connectivity index (χ4v) is 2.98. The highest BCUT2D eigenvalue weighted by Gasteiger charge is 2.08. The number of pyridine rings is 1. The number of hydrogen-bond donors (Lipinski definition) is 1. The van der Waals surface area contributed by atoms with Crippen LogP contribution in [0.5, 0.6) is 11.5 Å². The molecule has 1 aromatic heterocycles. The van der Waals surface area contributed by atoms with Gasteiger partial charge in [0.25, 0.3) is 0 Å². The summed E-state index contributed by atoms with van der Waals surface area (Å²) < 4.78 is 19.6. The molecule has 0 aliphatic rings. The Morgan fingerprint density at radius 3 is 2.62 bits per heavy atom. The van der Waals surface area contributed by atoms with Gasteiger partial charge in [-0.25, -0.2) is 9.37 Å². The van der Waals surface area contributed by atoms with Gasteiger partial charge in [0.15, 0.2) is 11.6 Å². The maximum atomic E-state index is 14.3. The van der Waals surface area contributed by atoms with E-state index in [0.717, 1.165) is 24.4 Å². The summed E-state index contributed by atoms with van der Waals surface area (Å²) in [6, 6.07) is 8.10. The number of benzene rings is 1. The third kappa shape index (κ3) is 6.32. The van der Waals surface area contributed by atoms with Gasteiger partial charge in [-0.05, 0) is 48.7 Å². The summed E-state index contributed by atoms with van der Waals surface area (Å²) in [5.74, 6) is 0.860.